The minimum Gasteiger partial charge on any atom is -0.394 e. The molecule has 2 unspecified atom stereocenters. The van der Waals surface area contributed by atoms with Crippen LogP contribution in [0, 0.1) is 31.6 Å². The molecule has 3 aliphatic rings. The molecule has 3 saturated heterocycles. The Morgan fingerprint density at radius 2 is 1.70 bits per heavy atom. The number of carbonyl (C=O) groups excluding carboxylic acids is 3. The summed E-state index contributed by atoms with van der Waals surface area (Å²) in [6.45, 7) is 18.8. The Morgan fingerprint density at radius 3 is 2.28 bits per heavy atom. The molecule has 0 radical (unpaired) electrons. The summed E-state index contributed by atoms with van der Waals surface area (Å²) >= 11 is 1.67. The summed E-state index contributed by atoms with van der Waals surface area (Å²) in [5.74, 6) is -1.77. The molecule has 0 saturated carbocycles. The van der Waals surface area contributed by atoms with Crippen LogP contribution in [0.25, 0.3) is 0 Å². The van der Waals surface area contributed by atoms with Gasteiger partial charge in [-0.1, -0.05) is 81.0 Å². The van der Waals surface area contributed by atoms with Gasteiger partial charge in [0.25, 0.3) is 5.91 Å². The van der Waals surface area contributed by atoms with Crippen molar-refractivity contribution in [1.82, 2.24) is 9.80 Å². The van der Waals surface area contributed by atoms with Crippen LogP contribution in [0.5, 0.6) is 0 Å². The highest BCUT2D eigenvalue weighted by molar-refractivity contribution is 8.02. The molecule has 5 rings (SSSR count). The van der Waals surface area contributed by atoms with E-state index in [-0.39, 0.29) is 36.8 Å². The summed E-state index contributed by atoms with van der Waals surface area (Å²) in [6.07, 6.45) is 5.56. The highest BCUT2D eigenvalue weighted by Crippen LogP contribution is 2.72. The van der Waals surface area contributed by atoms with E-state index in [0.29, 0.717) is 19.5 Å². The molecular weight excluding hydrogens is 595 g/mol. The van der Waals surface area contributed by atoms with Crippen LogP contribution in [0.1, 0.15) is 56.7 Å². The molecule has 2 aromatic carbocycles. The van der Waals surface area contributed by atoms with Crippen molar-refractivity contribution >= 4 is 35.2 Å². The van der Waals surface area contributed by atoms with E-state index < -0.39 is 33.4 Å². The second kappa shape index (κ2) is 13.4. The van der Waals surface area contributed by atoms with Gasteiger partial charge in [-0.2, -0.15) is 0 Å². The number of aliphatic hydroxyl groups excluding tert-OH is 1. The van der Waals surface area contributed by atoms with Crippen molar-refractivity contribution in [3.8, 4) is 0 Å². The average molecular weight is 644 g/mol. The normalized spacial score (nSPS) is 27.7. The van der Waals surface area contributed by atoms with E-state index in [1.54, 1.807) is 38.6 Å². The van der Waals surface area contributed by atoms with E-state index in [4.69, 9.17) is 0 Å². The van der Waals surface area contributed by atoms with Gasteiger partial charge in [0.15, 0.2) is 0 Å². The fourth-order valence-corrected chi connectivity index (χ4v) is 10.7. The molecule has 1 N–H and O–H groups in total. The molecule has 3 amide bonds. The number of likely N-dealkylation sites (tertiary alicyclic amines) is 1. The Labute approximate surface area is 278 Å². The van der Waals surface area contributed by atoms with Crippen LogP contribution >= 0.6 is 11.8 Å². The number of thioether (sulfide) groups is 1. The number of anilines is 1. The molecule has 246 valence electrons. The molecule has 3 fully saturated rings. The lowest BCUT2D eigenvalue weighted by atomic mass is 9.66. The largest absolute Gasteiger partial charge is 0.394 e. The molecule has 0 aliphatic carbocycles. The maximum Gasteiger partial charge on any atom is 0.251 e. The van der Waals surface area contributed by atoms with Gasteiger partial charge in [-0.25, -0.2) is 0 Å². The van der Waals surface area contributed by atoms with E-state index in [0.717, 1.165) is 35.2 Å². The first-order valence-corrected chi connectivity index (χ1v) is 17.4. The first-order valence-electron chi connectivity index (χ1n) is 16.5. The third kappa shape index (κ3) is 5.51. The molecule has 7 nitrogen and oxygen atoms in total. The fourth-order valence-electron chi connectivity index (χ4n) is 8.38. The highest BCUT2D eigenvalue weighted by atomic mass is 32.2. The smallest absolute Gasteiger partial charge is 0.251 e. The first-order chi connectivity index (χ1) is 22.0. The van der Waals surface area contributed by atoms with Gasteiger partial charge in [-0.05, 0) is 56.2 Å². The molecule has 3 heterocycles. The zero-order valence-corrected chi connectivity index (χ0v) is 28.8. The maximum atomic E-state index is 15.2. The van der Waals surface area contributed by atoms with Crippen molar-refractivity contribution in [3.05, 3.63) is 90.5 Å². The predicted molar refractivity (Wildman–Crippen MR) is 186 cm³/mol. The Kier molecular flexibility index (Phi) is 9.90. The summed E-state index contributed by atoms with van der Waals surface area (Å²) < 4.78 is -1.31. The number of aryl methyl sites for hydroxylation is 2. The van der Waals surface area contributed by atoms with Gasteiger partial charge in [0.2, 0.25) is 11.8 Å². The van der Waals surface area contributed by atoms with Gasteiger partial charge in [-0.3, -0.25) is 14.4 Å². The first kappa shape index (κ1) is 34.0. The summed E-state index contributed by atoms with van der Waals surface area (Å²) in [6, 6.07) is 14.4. The van der Waals surface area contributed by atoms with E-state index in [1.807, 2.05) is 76.2 Å². The lowest BCUT2D eigenvalue weighted by molar-refractivity contribution is -0.147. The molecule has 3 aliphatic heterocycles. The van der Waals surface area contributed by atoms with Crippen LogP contribution in [-0.4, -0.2) is 73.9 Å². The fraction of sp³-hybridized carbons (Fsp3) is 0.500. The molecule has 8 heteroatoms. The molecule has 2 aromatic rings. The zero-order chi connectivity index (χ0) is 33.4. The number of rotatable bonds is 13. The van der Waals surface area contributed by atoms with Gasteiger partial charge in [0.1, 0.15) is 6.04 Å². The van der Waals surface area contributed by atoms with Crippen molar-refractivity contribution in [2.75, 3.05) is 24.6 Å². The van der Waals surface area contributed by atoms with Gasteiger partial charge >= 0.3 is 0 Å². The molecule has 46 heavy (non-hydrogen) atoms. The molecule has 7 atom stereocenters. The Balaban J connectivity index is 1.64. The summed E-state index contributed by atoms with van der Waals surface area (Å²) in [5.41, 5.74) is 3.75. The molecule has 2 bridgehead atoms. The van der Waals surface area contributed by atoms with Crippen LogP contribution in [0.3, 0.4) is 0 Å². The number of aliphatic hydroxyl groups is 1. The van der Waals surface area contributed by atoms with Crippen LogP contribution in [0.4, 0.5) is 5.69 Å². The van der Waals surface area contributed by atoms with Gasteiger partial charge in [0, 0.05) is 30.1 Å². The van der Waals surface area contributed by atoms with Crippen molar-refractivity contribution in [1.29, 1.82) is 0 Å². The molecular formula is C38H49N3O4S. The number of amides is 3. The summed E-state index contributed by atoms with van der Waals surface area (Å²) in [7, 11) is 0. The van der Waals surface area contributed by atoms with Crippen LogP contribution in [-0.2, 0) is 20.9 Å². The Morgan fingerprint density at radius 1 is 1.04 bits per heavy atom. The Hall–Kier alpha value is -3.36. The van der Waals surface area contributed by atoms with Gasteiger partial charge < -0.3 is 19.8 Å². The lowest BCUT2D eigenvalue weighted by Crippen LogP contribution is -2.59. The minimum absolute atomic E-state index is 0.0465. The van der Waals surface area contributed by atoms with Crippen LogP contribution in [0.15, 0.2) is 73.8 Å². The van der Waals surface area contributed by atoms with E-state index in [1.165, 1.54) is 0 Å². The van der Waals surface area contributed by atoms with Crippen molar-refractivity contribution in [2.45, 2.75) is 82.0 Å². The van der Waals surface area contributed by atoms with Crippen molar-refractivity contribution < 1.29 is 19.5 Å². The van der Waals surface area contributed by atoms with Crippen LogP contribution in [0.2, 0.25) is 0 Å². The van der Waals surface area contributed by atoms with E-state index in [9.17, 15) is 14.7 Å². The number of hydrogen-bond donors (Lipinski definition) is 1. The topological polar surface area (TPSA) is 81.2 Å². The van der Waals surface area contributed by atoms with Gasteiger partial charge in [0.05, 0.1) is 29.2 Å². The second-order valence-electron chi connectivity index (χ2n) is 13.6. The third-order valence-corrected chi connectivity index (χ3v) is 12.7. The number of carbonyl (C=O) groups is 3. The number of fused-ring (bicyclic) bond motifs is 1. The second-order valence-corrected chi connectivity index (χ2v) is 15.5. The van der Waals surface area contributed by atoms with E-state index >= 15 is 4.79 Å². The van der Waals surface area contributed by atoms with E-state index in [2.05, 4.69) is 20.1 Å². The van der Waals surface area contributed by atoms with Crippen molar-refractivity contribution in [3.63, 3.8) is 0 Å². The van der Waals surface area contributed by atoms with Gasteiger partial charge in [-0.15, -0.1) is 24.9 Å². The minimum atomic E-state index is -0.832. The summed E-state index contributed by atoms with van der Waals surface area (Å²) in [5, 5.41) is 10.8. The number of nitrogens with zero attached hydrogens (tertiary/aromatic N) is 3. The Bertz CT molecular complexity index is 1480. The molecule has 0 aromatic heterocycles. The highest BCUT2D eigenvalue weighted by Gasteiger charge is 2.78. The third-order valence-electron chi connectivity index (χ3n) is 10.7. The predicted octanol–water partition coefficient (Wildman–Crippen LogP) is 5.93. The molecule has 1 spiro atoms. The number of benzene rings is 2. The summed E-state index contributed by atoms with van der Waals surface area (Å²) in [4.78, 5) is 50.2. The SMILES string of the molecule is C=CCN(Cc1ccccc1)C(=O)[C@H]1[C@H]2C(=O)N([C@@H](CO)[C@@H](C)CC)C(C(=O)N(CC=C)c3c(C)cccc3C)C23CC[C@]1(C)S3. The number of hydrogen-bond acceptors (Lipinski definition) is 5. The number of para-hydroxylation sites is 1. The monoisotopic (exact) mass is 643 g/mol. The quantitative estimate of drug-likeness (QED) is 0.274. The average Bonchev–Trinajstić information content (AvgIpc) is 3.61. The lowest BCUT2D eigenvalue weighted by Gasteiger charge is -2.41. The van der Waals surface area contributed by atoms with Crippen molar-refractivity contribution in [2.24, 2.45) is 17.8 Å². The zero-order valence-electron chi connectivity index (χ0n) is 27.9. The maximum absolute atomic E-state index is 15.2. The standard InChI is InChI=1S/C38H49N3O4S/c1-8-21-39(23-28-17-12-11-13-18-28)34(43)30-31-35(44)41(29(24-42)25(4)10-3)33(38(31)20-19-37(30,7)46-38)36(45)40(22-9-2)32-26(5)15-14-16-27(32)6/h8-9,11-18,25,29-31,33,42H,1-2,10,19-24H2,3-7H3/t25-,29-,30+,31-,33?,37-,38?/m0/s1. The van der Waals surface area contributed by atoms with Crippen LogP contribution < -0.4 is 4.90 Å².